The van der Waals surface area contributed by atoms with Gasteiger partial charge in [-0.05, 0) is 18.9 Å². The number of carbonyl (C=O) groups is 2. The maximum atomic E-state index is 11.8. The number of aliphatic carboxylic acids is 1. The van der Waals surface area contributed by atoms with Crippen molar-refractivity contribution in [3.05, 3.63) is 35.9 Å². The zero-order chi connectivity index (χ0) is 13.8. The SMILES string of the molecule is CC[C@@H](N)C(=O)NC(C)(C(=O)O)c1ccccc1. The fourth-order valence-corrected chi connectivity index (χ4v) is 1.55. The van der Waals surface area contributed by atoms with E-state index in [1.54, 1.807) is 37.3 Å². The van der Waals surface area contributed by atoms with Crippen molar-refractivity contribution in [1.82, 2.24) is 5.32 Å². The molecule has 1 rings (SSSR count). The number of nitrogens with two attached hydrogens (primary N) is 1. The second-order valence-electron chi connectivity index (χ2n) is 4.30. The molecule has 2 atom stereocenters. The molecule has 98 valence electrons. The highest BCUT2D eigenvalue weighted by Gasteiger charge is 2.37. The lowest BCUT2D eigenvalue weighted by Crippen LogP contribution is -2.54. The second kappa shape index (κ2) is 5.64. The number of hydrogen-bond acceptors (Lipinski definition) is 3. The van der Waals surface area contributed by atoms with Gasteiger partial charge in [0, 0.05) is 0 Å². The van der Waals surface area contributed by atoms with Gasteiger partial charge in [-0.3, -0.25) is 4.79 Å². The van der Waals surface area contributed by atoms with Crippen molar-refractivity contribution < 1.29 is 14.7 Å². The van der Waals surface area contributed by atoms with Crippen molar-refractivity contribution in [2.24, 2.45) is 5.73 Å². The van der Waals surface area contributed by atoms with E-state index in [2.05, 4.69) is 5.32 Å². The van der Waals surface area contributed by atoms with E-state index in [0.717, 1.165) is 0 Å². The van der Waals surface area contributed by atoms with E-state index in [9.17, 15) is 14.7 Å². The van der Waals surface area contributed by atoms with Gasteiger partial charge in [0.25, 0.3) is 0 Å². The number of carboxylic acid groups (broad SMARTS) is 1. The Balaban J connectivity index is 3.03. The van der Waals surface area contributed by atoms with E-state index in [1.165, 1.54) is 6.92 Å². The largest absolute Gasteiger partial charge is 0.479 e. The zero-order valence-corrected chi connectivity index (χ0v) is 10.5. The lowest BCUT2D eigenvalue weighted by atomic mass is 9.91. The highest BCUT2D eigenvalue weighted by Crippen LogP contribution is 2.21. The first-order chi connectivity index (χ1) is 8.41. The number of nitrogens with one attached hydrogen (secondary N) is 1. The Morgan fingerprint density at radius 2 is 1.94 bits per heavy atom. The Morgan fingerprint density at radius 3 is 2.39 bits per heavy atom. The van der Waals surface area contributed by atoms with Crippen molar-refractivity contribution in [2.75, 3.05) is 0 Å². The standard InChI is InChI=1S/C13H18N2O3/c1-3-10(14)11(16)15-13(2,12(17)18)9-7-5-4-6-8-9/h4-8,10H,3,14H2,1-2H3,(H,15,16)(H,17,18)/t10-,13?/m1/s1. The predicted octanol–water partition coefficient (Wildman–Crippen LogP) is 0.840. The summed E-state index contributed by atoms with van der Waals surface area (Å²) in [6, 6.07) is 7.85. The van der Waals surface area contributed by atoms with Gasteiger partial charge >= 0.3 is 5.97 Å². The Hall–Kier alpha value is -1.88. The number of carboxylic acids is 1. The summed E-state index contributed by atoms with van der Waals surface area (Å²) in [5.41, 5.74) is 4.64. The summed E-state index contributed by atoms with van der Waals surface area (Å²) in [5, 5.41) is 11.8. The molecular formula is C13H18N2O3. The van der Waals surface area contributed by atoms with Crippen molar-refractivity contribution in [2.45, 2.75) is 31.8 Å². The summed E-state index contributed by atoms with van der Waals surface area (Å²) >= 11 is 0. The highest BCUT2D eigenvalue weighted by molar-refractivity contribution is 5.90. The molecule has 1 amide bonds. The predicted molar refractivity (Wildman–Crippen MR) is 67.8 cm³/mol. The second-order valence-corrected chi connectivity index (χ2v) is 4.30. The monoisotopic (exact) mass is 250 g/mol. The van der Waals surface area contributed by atoms with Crippen molar-refractivity contribution >= 4 is 11.9 Å². The third-order valence-electron chi connectivity index (χ3n) is 2.93. The van der Waals surface area contributed by atoms with Crippen LogP contribution in [0, 0.1) is 0 Å². The van der Waals surface area contributed by atoms with Crippen LogP contribution in [0.15, 0.2) is 30.3 Å². The summed E-state index contributed by atoms with van der Waals surface area (Å²) in [5.74, 6) is -1.59. The van der Waals surface area contributed by atoms with Crippen LogP contribution in [-0.4, -0.2) is 23.0 Å². The number of rotatable bonds is 5. The van der Waals surface area contributed by atoms with Crippen molar-refractivity contribution in [3.8, 4) is 0 Å². The molecule has 0 saturated heterocycles. The maximum absolute atomic E-state index is 11.8. The van der Waals surface area contributed by atoms with Gasteiger partial charge in [0.1, 0.15) is 0 Å². The fraction of sp³-hybridized carbons (Fsp3) is 0.385. The van der Waals surface area contributed by atoms with Gasteiger partial charge in [0.05, 0.1) is 6.04 Å². The molecule has 0 radical (unpaired) electrons. The topological polar surface area (TPSA) is 92.4 Å². The molecule has 0 spiro atoms. The van der Waals surface area contributed by atoms with Crippen molar-refractivity contribution in [1.29, 1.82) is 0 Å². The minimum atomic E-state index is -1.47. The highest BCUT2D eigenvalue weighted by atomic mass is 16.4. The Morgan fingerprint density at radius 1 is 1.39 bits per heavy atom. The lowest BCUT2D eigenvalue weighted by molar-refractivity contribution is -0.147. The van der Waals surface area contributed by atoms with Crippen LogP contribution in [0.2, 0.25) is 0 Å². The Bertz CT molecular complexity index is 433. The van der Waals surface area contributed by atoms with Crippen LogP contribution in [0.3, 0.4) is 0 Å². The molecule has 1 unspecified atom stereocenters. The smallest absolute Gasteiger partial charge is 0.333 e. The maximum Gasteiger partial charge on any atom is 0.333 e. The first kappa shape index (κ1) is 14.2. The van der Waals surface area contributed by atoms with Gasteiger partial charge in [0.2, 0.25) is 5.91 Å². The van der Waals surface area contributed by atoms with Gasteiger partial charge in [0.15, 0.2) is 5.54 Å². The molecule has 0 aromatic heterocycles. The molecule has 1 aromatic rings. The number of hydrogen-bond donors (Lipinski definition) is 3. The van der Waals surface area contributed by atoms with E-state index >= 15 is 0 Å². The quantitative estimate of drug-likeness (QED) is 0.722. The molecule has 4 N–H and O–H groups in total. The average Bonchev–Trinajstić information content (AvgIpc) is 2.38. The van der Waals surface area contributed by atoms with Gasteiger partial charge in [-0.1, -0.05) is 37.3 Å². The van der Waals surface area contributed by atoms with Gasteiger partial charge in [-0.2, -0.15) is 0 Å². The van der Waals surface area contributed by atoms with Crippen LogP contribution in [0.5, 0.6) is 0 Å². The zero-order valence-electron chi connectivity index (χ0n) is 10.5. The average molecular weight is 250 g/mol. The lowest BCUT2D eigenvalue weighted by Gasteiger charge is -2.28. The third-order valence-corrected chi connectivity index (χ3v) is 2.93. The van der Waals surface area contributed by atoms with Gasteiger partial charge in [-0.15, -0.1) is 0 Å². The summed E-state index contributed by atoms with van der Waals surface area (Å²) < 4.78 is 0. The van der Waals surface area contributed by atoms with E-state index in [-0.39, 0.29) is 0 Å². The van der Waals surface area contributed by atoms with E-state index < -0.39 is 23.5 Å². The molecule has 5 nitrogen and oxygen atoms in total. The van der Waals surface area contributed by atoms with E-state index in [4.69, 9.17) is 5.73 Å². The molecule has 1 aromatic carbocycles. The van der Waals surface area contributed by atoms with Crippen LogP contribution in [-0.2, 0) is 15.1 Å². The van der Waals surface area contributed by atoms with Crippen LogP contribution >= 0.6 is 0 Å². The summed E-state index contributed by atoms with van der Waals surface area (Å²) in [6.45, 7) is 3.22. The molecule has 0 aliphatic carbocycles. The minimum Gasteiger partial charge on any atom is -0.479 e. The fourth-order valence-electron chi connectivity index (χ4n) is 1.55. The molecule has 5 heteroatoms. The molecule has 18 heavy (non-hydrogen) atoms. The van der Waals surface area contributed by atoms with Crippen LogP contribution in [0.1, 0.15) is 25.8 Å². The molecule has 0 heterocycles. The normalized spacial score (nSPS) is 15.5. The molecule has 0 fully saturated rings. The molecular weight excluding hydrogens is 232 g/mol. The first-order valence-electron chi connectivity index (χ1n) is 5.78. The third kappa shape index (κ3) is 2.87. The number of benzene rings is 1. The molecule has 0 bridgehead atoms. The van der Waals surface area contributed by atoms with E-state index in [0.29, 0.717) is 12.0 Å². The molecule has 0 aliphatic heterocycles. The summed E-state index contributed by atoms with van der Waals surface area (Å²) in [7, 11) is 0. The van der Waals surface area contributed by atoms with Crippen LogP contribution < -0.4 is 11.1 Å². The summed E-state index contributed by atoms with van der Waals surface area (Å²) in [6.07, 6.45) is 0.455. The van der Waals surface area contributed by atoms with Crippen molar-refractivity contribution in [3.63, 3.8) is 0 Å². The van der Waals surface area contributed by atoms with Gasteiger partial charge in [-0.25, -0.2) is 4.79 Å². The Kier molecular flexibility index (Phi) is 4.44. The molecule has 0 saturated carbocycles. The number of carbonyl (C=O) groups excluding carboxylic acids is 1. The summed E-state index contributed by atoms with van der Waals surface area (Å²) in [4.78, 5) is 23.2. The van der Waals surface area contributed by atoms with Crippen LogP contribution in [0.4, 0.5) is 0 Å². The molecule has 0 aliphatic rings. The number of amides is 1. The minimum absolute atomic E-state index is 0.455. The van der Waals surface area contributed by atoms with Gasteiger partial charge < -0.3 is 16.2 Å². The Labute approximate surface area is 106 Å². The first-order valence-corrected chi connectivity index (χ1v) is 5.78. The van der Waals surface area contributed by atoms with E-state index in [1.807, 2.05) is 0 Å². The van der Waals surface area contributed by atoms with Crippen LogP contribution in [0.25, 0.3) is 0 Å².